The van der Waals surface area contributed by atoms with Crippen molar-refractivity contribution in [2.24, 2.45) is 5.92 Å². The van der Waals surface area contributed by atoms with Gasteiger partial charge in [0.05, 0.1) is 18.7 Å². The highest BCUT2D eigenvalue weighted by Crippen LogP contribution is 2.44. The Kier molecular flexibility index (Phi) is 6.48. The first-order chi connectivity index (χ1) is 14.8. The Balaban J connectivity index is 2.18. The average Bonchev–Trinajstić information content (AvgIpc) is 3.04. The predicted octanol–water partition coefficient (Wildman–Crippen LogP) is 4.80. The number of hydrogen-bond donors (Lipinski definition) is 0. The van der Waals surface area contributed by atoms with E-state index in [0.29, 0.717) is 28.8 Å². The van der Waals surface area contributed by atoms with E-state index in [9.17, 15) is 24.1 Å². The zero-order chi connectivity index (χ0) is 22.7. The van der Waals surface area contributed by atoms with Gasteiger partial charge in [-0.15, -0.1) is 0 Å². The monoisotopic (exact) mass is 426 g/mol. The van der Waals surface area contributed by atoms with Crippen molar-refractivity contribution in [1.29, 1.82) is 0 Å². The molecule has 3 rings (SSSR count). The fourth-order valence-corrected chi connectivity index (χ4v) is 4.23. The number of hydrogen-bond acceptors (Lipinski definition) is 5. The fraction of sp³-hybridized carbons (Fsp3) is 0.304. The summed E-state index contributed by atoms with van der Waals surface area (Å²) in [5.41, 5.74) is 2.10. The van der Waals surface area contributed by atoms with Crippen LogP contribution in [-0.2, 0) is 9.53 Å². The molecule has 1 heterocycles. The van der Waals surface area contributed by atoms with Gasteiger partial charge in [-0.25, -0.2) is 14.1 Å². The van der Waals surface area contributed by atoms with Gasteiger partial charge in [0.25, 0.3) is 5.91 Å². The van der Waals surface area contributed by atoms with E-state index in [1.54, 1.807) is 37.3 Å². The van der Waals surface area contributed by atoms with Gasteiger partial charge in [-0.1, -0.05) is 55.8 Å². The molecule has 2 atom stereocenters. The number of imide groups is 1. The van der Waals surface area contributed by atoms with Crippen LogP contribution in [0.1, 0.15) is 37.3 Å². The summed E-state index contributed by atoms with van der Waals surface area (Å²) in [6.07, 6.45) is -0.416. The molecule has 31 heavy (non-hydrogen) atoms. The van der Waals surface area contributed by atoms with E-state index in [1.807, 2.05) is 6.92 Å². The summed E-state index contributed by atoms with van der Waals surface area (Å²) in [5, 5.41) is 11.4. The Morgan fingerprint density at radius 3 is 2.45 bits per heavy atom. The number of para-hydroxylation sites is 1. The molecule has 0 fully saturated rings. The summed E-state index contributed by atoms with van der Waals surface area (Å²) in [6, 6.07) is 12.8. The molecule has 0 unspecified atom stereocenters. The summed E-state index contributed by atoms with van der Waals surface area (Å²) in [7, 11) is 1.19. The fourth-order valence-electron chi connectivity index (χ4n) is 4.23. The maximum absolute atomic E-state index is 14.5. The minimum absolute atomic E-state index is 0.224. The SMILES string of the molecule is CC/C(=C1/C(=O)N(C(=O)OC)c2ccccc21)[C@H](C)[C@@H](C[N+](=O)[O-])c1ccccc1F. The topological polar surface area (TPSA) is 89.8 Å². The molecule has 0 aliphatic carbocycles. The number of carbonyl (C=O) groups is 2. The van der Waals surface area contributed by atoms with Crippen LogP contribution in [0, 0.1) is 21.8 Å². The van der Waals surface area contributed by atoms with Crippen LogP contribution in [0.15, 0.2) is 54.1 Å². The molecule has 0 N–H and O–H groups in total. The lowest BCUT2D eigenvalue weighted by Crippen LogP contribution is -2.34. The van der Waals surface area contributed by atoms with Crippen LogP contribution < -0.4 is 4.90 Å². The molecule has 2 aromatic rings. The standard InChI is InChI=1S/C23H23FN2O5/c1-4-15(14(2)18(13-25(29)30)16-9-5-7-11-19(16)24)21-17-10-6-8-12-20(17)26(22(21)27)23(28)31-3/h5-12,14,18H,4,13H2,1-3H3/b21-15-/t14-,18+/m0/s1. The van der Waals surface area contributed by atoms with Crippen molar-refractivity contribution in [1.82, 2.24) is 0 Å². The Hall–Kier alpha value is -3.55. The number of fused-ring (bicyclic) bond motifs is 1. The second kappa shape index (κ2) is 9.07. The molecule has 7 nitrogen and oxygen atoms in total. The number of benzene rings is 2. The first-order valence-corrected chi connectivity index (χ1v) is 9.92. The Morgan fingerprint density at radius 1 is 1.19 bits per heavy atom. The molecule has 2 amide bonds. The highest BCUT2D eigenvalue weighted by Gasteiger charge is 2.41. The average molecular weight is 426 g/mol. The summed E-state index contributed by atoms with van der Waals surface area (Å²) < 4.78 is 19.3. The zero-order valence-electron chi connectivity index (χ0n) is 17.5. The largest absolute Gasteiger partial charge is 0.452 e. The lowest BCUT2D eigenvalue weighted by atomic mass is 9.78. The van der Waals surface area contributed by atoms with Gasteiger partial charge in [0.15, 0.2) is 0 Å². The quantitative estimate of drug-likeness (QED) is 0.376. The van der Waals surface area contributed by atoms with Crippen molar-refractivity contribution >= 4 is 23.3 Å². The number of nitro groups is 1. The minimum atomic E-state index is -0.813. The third-order valence-electron chi connectivity index (χ3n) is 5.69. The molecule has 0 radical (unpaired) electrons. The number of nitrogens with zero attached hydrogens (tertiary/aromatic N) is 2. The summed E-state index contributed by atoms with van der Waals surface area (Å²) in [5.74, 6) is -2.40. The number of rotatable bonds is 6. The van der Waals surface area contributed by atoms with Gasteiger partial charge < -0.3 is 4.74 Å². The second-order valence-corrected chi connectivity index (χ2v) is 7.31. The predicted molar refractivity (Wildman–Crippen MR) is 114 cm³/mol. The number of ether oxygens (including phenoxy) is 1. The maximum Gasteiger partial charge on any atom is 0.421 e. The molecule has 0 saturated heterocycles. The first kappa shape index (κ1) is 22.1. The van der Waals surface area contributed by atoms with Crippen molar-refractivity contribution in [3.63, 3.8) is 0 Å². The lowest BCUT2D eigenvalue weighted by molar-refractivity contribution is -0.484. The highest BCUT2D eigenvalue weighted by molar-refractivity contribution is 6.39. The molecule has 0 saturated carbocycles. The highest BCUT2D eigenvalue weighted by atomic mass is 19.1. The molecular formula is C23H23FN2O5. The van der Waals surface area contributed by atoms with Crippen molar-refractivity contribution in [2.75, 3.05) is 18.6 Å². The number of methoxy groups -OCH3 is 1. The van der Waals surface area contributed by atoms with E-state index in [-0.39, 0.29) is 5.56 Å². The molecular weight excluding hydrogens is 403 g/mol. The van der Waals surface area contributed by atoms with E-state index in [4.69, 9.17) is 4.74 Å². The molecule has 2 aromatic carbocycles. The van der Waals surface area contributed by atoms with Crippen LogP contribution in [0.5, 0.6) is 0 Å². The van der Waals surface area contributed by atoms with Crippen LogP contribution >= 0.6 is 0 Å². The summed E-state index contributed by atoms with van der Waals surface area (Å²) in [6.45, 7) is 3.10. The maximum atomic E-state index is 14.5. The number of halogens is 1. The summed E-state index contributed by atoms with van der Waals surface area (Å²) >= 11 is 0. The normalized spacial score (nSPS) is 16.5. The lowest BCUT2D eigenvalue weighted by Gasteiger charge is -2.25. The number of amides is 2. The van der Waals surface area contributed by atoms with E-state index in [2.05, 4.69) is 0 Å². The van der Waals surface area contributed by atoms with Crippen LogP contribution in [-0.4, -0.2) is 30.6 Å². The zero-order valence-corrected chi connectivity index (χ0v) is 17.5. The van der Waals surface area contributed by atoms with E-state index in [1.165, 1.54) is 25.3 Å². The summed E-state index contributed by atoms with van der Waals surface area (Å²) in [4.78, 5) is 37.4. The molecule has 1 aliphatic rings. The molecule has 162 valence electrons. The minimum Gasteiger partial charge on any atom is -0.452 e. The molecule has 8 heteroatoms. The van der Waals surface area contributed by atoms with Gasteiger partial charge in [0.2, 0.25) is 6.54 Å². The molecule has 0 aromatic heterocycles. The van der Waals surface area contributed by atoms with E-state index >= 15 is 0 Å². The van der Waals surface area contributed by atoms with Crippen molar-refractivity contribution in [2.45, 2.75) is 26.2 Å². The van der Waals surface area contributed by atoms with Crippen molar-refractivity contribution in [3.05, 3.63) is 81.2 Å². The van der Waals surface area contributed by atoms with Gasteiger partial charge in [-0.3, -0.25) is 14.9 Å². The number of allylic oxidation sites excluding steroid dienone is 1. The smallest absolute Gasteiger partial charge is 0.421 e. The molecule has 0 spiro atoms. The van der Waals surface area contributed by atoms with Gasteiger partial charge in [-0.05, 0) is 30.0 Å². The third kappa shape index (κ3) is 4.05. The van der Waals surface area contributed by atoms with Crippen molar-refractivity contribution < 1.29 is 23.6 Å². The Labute approximate surface area is 179 Å². The van der Waals surface area contributed by atoms with Crippen molar-refractivity contribution in [3.8, 4) is 0 Å². The first-order valence-electron chi connectivity index (χ1n) is 9.92. The van der Waals surface area contributed by atoms with Gasteiger partial charge in [0, 0.05) is 16.1 Å². The van der Waals surface area contributed by atoms with E-state index in [0.717, 1.165) is 4.90 Å². The molecule has 0 bridgehead atoms. The van der Waals surface area contributed by atoms with Crippen LogP contribution in [0.2, 0.25) is 0 Å². The second-order valence-electron chi connectivity index (χ2n) is 7.31. The van der Waals surface area contributed by atoms with E-state index < -0.39 is 41.1 Å². The number of carbonyl (C=O) groups excluding carboxylic acids is 2. The Bertz CT molecular complexity index is 1070. The van der Waals surface area contributed by atoms with Gasteiger partial charge in [-0.2, -0.15) is 0 Å². The van der Waals surface area contributed by atoms with Gasteiger partial charge in [0.1, 0.15) is 5.82 Å². The van der Waals surface area contributed by atoms with Gasteiger partial charge >= 0.3 is 6.09 Å². The van der Waals surface area contributed by atoms with Crippen LogP contribution in [0.25, 0.3) is 5.57 Å². The van der Waals surface area contributed by atoms with Crippen LogP contribution in [0.4, 0.5) is 14.9 Å². The third-order valence-corrected chi connectivity index (χ3v) is 5.69. The molecule has 1 aliphatic heterocycles. The number of anilines is 1. The Morgan fingerprint density at radius 2 is 1.84 bits per heavy atom. The van der Waals surface area contributed by atoms with Crippen LogP contribution in [0.3, 0.4) is 0 Å².